The summed E-state index contributed by atoms with van der Waals surface area (Å²) < 4.78 is 4.84. The number of carboxylic acids is 1. The molecule has 0 aliphatic rings. The van der Waals surface area contributed by atoms with Crippen molar-refractivity contribution in [3.63, 3.8) is 0 Å². The number of carbonyl (C=O) groups excluding carboxylic acids is 1. The van der Waals surface area contributed by atoms with Crippen LogP contribution in [-0.4, -0.2) is 42.1 Å². The van der Waals surface area contributed by atoms with E-state index < -0.39 is 5.97 Å². The summed E-state index contributed by atoms with van der Waals surface area (Å²) in [6.45, 7) is 0.909. The van der Waals surface area contributed by atoms with Crippen LogP contribution < -0.4 is 0 Å². The second-order valence-electron chi connectivity index (χ2n) is 4.23. The lowest BCUT2D eigenvalue weighted by atomic mass is 10.2. The minimum atomic E-state index is -0.848. The summed E-state index contributed by atoms with van der Waals surface area (Å²) in [6.07, 6.45) is 0.503. The third-order valence-electron chi connectivity index (χ3n) is 2.66. The molecule has 0 saturated carbocycles. The molecule has 0 spiro atoms. The van der Waals surface area contributed by atoms with E-state index in [0.717, 1.165) is 5.56 Å². The molecule has 0 aromatic heterocycles. The second-order valence-corrected chi connectivity index (χ2v) is 4.23. The Morgan fingerprint density at radius 1 is 1.26 bits per heavy atom. The molecule has 104 valence electrons. The maximum atomic E-state index is 11.9. The average molecular weight is 265 g/mol. The number of ether oxygens (including phenoxy) is 1. The lowest BCUT2D eigenvalue weighted by Gasteiger charge is -2.22. The molecule has 0 heterocycles. The molecule has 1 amide bonds. The number of hydrogen-bond donors (Lipinski definition) is 1. The zero-order valence-electron chi connectivity index (χ0n) is 11.0. The molecular formula is C14H19NO4. The van der Waals surface area contributed by atoms with Crippen LogP contribution in [0.1, 0.15) is 18.4 Å². The van der Waals surface area contributed by atoms with Gasteiger partial charge < -0.3 is 14.7 Å². The highest BCUT2D eigenvalue weighted by atomic mass is 16.5. The van der Waals surface area contributed by atoms with Gasteiger partial charge in [0.25, 0.3) is 0 Å². The first-order chi connectivity index (χ1) is 9.13. The van der Waals surface area contributed by atoms with Gasteiger partial charge in [0, 0.05) is 26.6 Å². The summed E-state index contributed by atoms with van der Waals surface area (Å²) in [4.78, 5) is 24.0. The number of aliphatic carboxylic acids is 1. The van der Waals surface area contributed by atoms with Crippen molar-refractivity contribution in [3.05, 3.63) is 35.9 Å². The van der Waals surface area contributed by atoms with Gasteiger partial charge in [-0.1, -0.05) is 30.3 Å². The fourth-order valence-corrected chi connectivity index (χ4v) is 1.73. The predicted octanol–water partition coefficient (Wildman–Crippen LogP) is 1.53. The maximum Gasteiger partial charge on any atom is 0.303 e. The van der Waals surface area contributed by atoms with Crippen LogP contribution in [0.15, 0.2) is 30.3 Å². The zero-order valence-corrected chi connectivity index (χ0v) is 11.0. The van der Waals surface area contributed by atoms with Crippen LogP contribution in [0.3, 0.4) is 0 Å². The minimum Gasteiger partial charge on any atom is -0.481 e. The molecule has 1 N–H and O–H groups in total. The number of hydrogen-bond acceptors (Lipinski definition) is 3. The lowest BCUT2D eigenvalue weighted by Crippen LogP contribution is -2.34. The first kappa shape index (κ1) is 15.2. The van der Waals surface area contributed by atoms with Crippen molar-refractivity contribution >= 4 is 11.9 Å². The smallest absolute Gasteiger partial charge is 0.303 e. The highest BCUT2D eigenvalue weighted by molar-refractivity contribution is 5.77. The number of benzene rings is 1. The van der Waals surface area contributed by atoms with Crippen LogP contribution in [0.5, 0.6) is 0 Å². The third-order valence-corrected chi connectivity index (χ3v) is 2.66. The zero-order chi connectivity index (χ0) is 14.1. The van der Waals surface area contributed by atoms with E-state index in [1.54, 1.807) is 4.90 Å². The SMILES string of the molecule is COCC(=O)N(CCCC(=O)O)Cc1ccccc1. The van der Waals surface area contributed by atoms with Gasteiger partial charge in [0.2, 0.25) is 5.91 Å². The molecule has 0 aliphatic heterocycles. The van der Waals surface area contributed by atoms with Gasteiger partial charge >= 0.3 is 5.97 Å². The van der Waals surface area contributed by atoms with Crippen molar-refractivity contribution in [3.8, 4) is 0 Å². The summed E-state index contributed by atoms with van der Waals surface area (Å²) in [5.41, 5.74) is 1.02. The van der Waals surface area contributed by atoms with E-state index in [0.29, 0.717) is 19.5 Å². The van der Waals surface area contributed by atoms with Crippen molar-refractivity contribution in [2.24, 2.45) is 0 Å². The third kappa shape index (κ3) is 6.01. The van der Waals surface area contributed by atoms with E-state index >= 15 is 0 Å². The van der Waals surface area contributed by atoms with Crippen molar-refractivity contribution < 1.29 is 19.4 Å². The molecular weight excluding hydrogens is 246 g/mol. The number of amides is 1. The number of carbonyl (C=O) groups is 2. The molecule has 0 atom stereocenters. The van der Waals surface area contributed by atoms with Crippen LogP contribution in [0.2, 0.25) is 0 Å². The van der Waals surface area contributed by atoms with Gasteiger partial charge in [0.05, 0.1) is 0 Å². The predicted molar refractivity (Wildman–Crippen MR) is 70.6 cm³/mol. The molecule has 5 heteroatoms. The monoisotopic (exact) mass is 265 g/mol. The highest BCUT2D eigenvalue weighted by Crippen LogP contribution is 2.06. The van der Waals surface area contributed by atoms with Crippen LogP contribution in [0.4, 0.5) is 0 Å². The number of nitrogens with zero attached hydrogens (tertiary/aromatic N) is 1. The molecule has 0 aliphatic carbocycles. The van der Waals surface area contributed by atoms with Gasteiger partial charge in [-0.3, -0.25) is 9.59 Å². The summed E-state index contributed by atoms with van der Waals surface area (Å²) >= 11 is 0. The second kappa shape index (κ2) is 8.26. The van der Waals surface area contributed by atoms with Gasteiger partial charge in [-0.05, 0) is 12.0 Å². The Kier molecular flexibility index (Phi) is 6.60. The summed E-state index contributed by atoms with van der Waals surface area (Å²) in [7, 11) is 1.47. The number of carboxylic acid groups (broad SMARTS) is 1. The Hall–Kier alpha value is -1.88. The fraction of sp³-hybridized carbons (Fsp3) is 0.429. The molecule has 0 radical (unpaired) electrons. The van der Waals surface area contributed by atoms with Crippen molar-refractivity contribution in [1.82, 2.24) is 4.90 Å². The molecule has 0 bridgehead atoms. The van der Waals surface area contributed by atoms with E-state index in [4.69, 9.17) is 9.84 Å². The molecule has 19 heavy (non-hydrogen) atoms. The average Bonchev–Trinajstić information content (AvgIpc) is 2.38. The number of rotatable bonds is 8. The normalized spacial score (nSPS) is 10.2. The molecule has 0 saturated heterocycles. The quantitative estimate of drug-likeness (QED) is 0.774. The standard InChI is InChI=1S/C14H19NO4/c1-19-11-13(16)15(9-5-8-14(17)18)10-12-6-3-2-4-7-12/h2-4,6-7H,5,8-11H2,1H3,(H,17,18). The fourth-order valence-electron chi connectivity index (χ4n) is 1.73. The van der Waals surface area contributed by atoms with Gasteiger partial charge in [0.15, 0.2) is 0 Å². The molecule has 1 aromatic carbocycles. The minimum absolute atomic E-state index is 0.0138. The van der Waals surface area contributed by atoms with E-state index in [-0.39, 0.29) is 18.9 Å². The molecule has 1 aromatic rings. The van der Waals surface area contributed by atoms with Crippen LogP contribution >= 0.6 is 0 Å². The van der Waals surface area contributed by atoms with E-state index in [9.17, 15) is 9.59 Å². The Balaban J connectivity index is 2.58. The van der Waals surface area contributed by atoms with E-state index in [1.165, 1.54) is 7.11 Å². The van der Waals surface area contributed by atoms with E-state index in [2.05, 4.69) is 0 Å². The van der Waals surface area contributed by atoms with Gasteiger partial charge in [-0.2, -0.15) is 0 Å². The topological polar surface area (TPSA) is 66.8 Å². The van der Waals surface area contributed by atoms with E-state index in [1.807, 2.05) is 30.3 Å². The summed E-state index contributed by atoms with van der Waals surface area (Å²) in [5.74, 6) is -0.976. The summed E-state index contributed by atoms with van der Waals surface area (Å²) in [6, 6.07) is 9.60. The Labute approximate surface area is 112 Å². The van der Waals surface area contributed by atoms with Crippen LogP contribution in [-0.2, 0) is 20.9 Å². The molecule has 0 fully saturated rings. The number of methoxy groups -OCH3 is 1. The molecule has 5 nitrogen and oxygen atoms in total. The van der Waals surface area contributed by atoms with Gasteiger partial charge in [-0.15, -0.1) is 0 Å². The first-order valence-corrected chi connectivity index (χ1v) is 6.16. The first-order valence-electron chi connectivity index (χ1n) is 6.16. The Morgan fingerprint density at radius 3 is 2.53 bits per heavy atom. The van der Waals surface area contributed by atoms with Gasteiger partial charge in [-0.25, -0.2) is 0 Å². The largest absolute Gasteiger partial charge is 0.481 e. The van der Waals surface area contributed by atoms with Crippen LogP contribution in [0.25, 0.3) is 0 Å². The van der Waals surface area contributed by atoms with Gasteiger partial charge in [0.1, 0.15) is 6.61 Å². The lowest BCUT2D eigenvalue weighted by molar-refractivity contribution is -0.139. The van der Waals surface area contributed by atoms with Crippen molar-refractivity contribution in [1.29, 1.82) is 0 Å². The maximum absolute atomic E-state index is 11.9. The van der Waals surface area contributed by atoms with Crippen molar-refractivity contribution in [2.75, 3.05) is 20.3 Å². The highest BCUT2D eigenvalue weighted by Gasteiger charge is 2.13. The summed E-state index contributed by atoms with van der Waals surface area (Å²) in [5, 5.41) is 8.63. The van der Waals surface area contributed by atoms with Crippen LogP contribution in [0, 0.1) is 0 Å². The Bertz CT molecular complexity index is 405. The molecule has 0 unspecified atom stereocenters. The van der Waals surface area contributed by atoms with Crippen molar-refractivity contribution in [2.45, 2.75) is 19.4 Å². The Morgan fingerprint density at radius 2 is 1.95 bits per heavy atom. The molecule has 1 rings (SSSR count).